The van der Waals surface area contributed by atoms with Crippen LogP contribution in [-0.4, -0.2) is 70.9 Å². The number of nitrogens with one attached hydrogen (secondary N) is 1. The first kappa shape index (κ1) is 18.9. The molecule has 2 aromatic heterocycles. The Bertz CT molecular complexity index is 798. The molecule has 9 nitrogen and oxygen atoms in total. The summed E-state index contributed by atoms with van der Waals surface area (Å²) in [4.78, 5) is 9.26. The van der Waals surface area contributed by atoms with Crippen LogP contribution in [0.1, 0.15) is 45.1 Å². The van der Waals surface area contributed by atoms with E-state index < -0.39 is 18.2 Å². The van der Waals surface area contributed by atoms with Crippen LogP contribution in [-0.2, 0) is 0 Å². The molecule has 0 bridgehead atoms. The third-order valence-corrected chi connectivity index (χ3v) is 6.30. The second-order valence-corrected chi connectivity index (χ2v) is 8.45. The van der Waals surface area contributed by atoms with E-state index in [0.29, 0.717) is 41.0 Å². The highest BCUT2D eigenvalue weighted by Crippen LogP contribution is 2.38. The van der Waals surface area contributed by atoms with E-state index in [-0.39, 0.29) is 12.5 Å². The Kier molecular flexibility index (Phi) is 5.49. The molecule has 2 aliphatic rings. The highest BCUT2D eigenvalue weighted by Gasteiger charge is 2.43. The third kappa shape index (κ3) is 3.75. The van der Waals surface area contributed by atoms with Crippen molar-refractivity contribution in [1.29, 1.82) is 0 Å². The van der Waals surface area contributed by atoms with Gasteiger partial charge in [0.2, 0.25) is 0 Å². The minimum Gasteiger partial charge on any atom is -0.396 e. The van der Waals surface area contributed by atoms with Crippen LogP contribution < -0.4 is 5.32 Å². The molecule has 2 saturated carbocycles. The molecule has 2 heterocycles. The van der Waals surface area contributed by atoms with E-state index in [1.807, 2.05) is 0 Å². The average molecular weight is 395 g/mol. The Balaban J connectivity index is 1.70. The van der Waals surface area contributed by atoms with E-state index in [2.05, 4.69) is 32.5 Å². The maximum absolute atomic E-state index is 10.5. The van der Waals surface area contributed by atoms with Gasteiger partial charge in [-0.05, 0) is 38.0 Å². The van der Waals surface area contributed by atoms with Gasteiger partial charge < -0.3 is 20.6 Å². The largest absolute Gasteiger partial charge is 0.396 e. The van der Waals surface area contributed by atoms with Gasteiger partial charge in [0.05, 0.1) is 12.1 Å². The quantitative estimate of drug-likeness (QED) is 0.382. The van der Waals surface area contributed by atoms with E-state index in [0.717, 1.165) is 25.0 Å². The summed E-state index contributed by atoms with van der Waals surface area (Å²) in [7, 11) is 0. The monoisotopic (exact) mass is 394 g/mol. The Morgan fingerprint density at radius 2 is 2.04 bits per heavy atom. The molecule has 0 aliphatic heterocycles. The lowest BCUT2D eigenvalue weighted by atomic mass is 10.0. The number of aliphatic hydroxyl groups excluding tert-OH is 3. The number of nitrogens with zero attached hydrogens (tertiary/aromatic N) is 5. The lowest BCUT2D eigenvalue weighted by Gasteiger charge is -2.17. The maximum Gasteiger partial charge on any atom is 0.191 e. The number of aliphatic hydroxyl groups is 3. The lowest BCUT2D eigenvalue weighted by Crippen LogP contribution is -2.30. The topological polar surface area (TPSA) is 129 Å². The minimum atomic E-state index is -0.965. The smallest absolute Gasteiger partial charge is 0.191 e. The number of fused-ring (bicyclic) bond motifs is 1. The molecule has 0 aromatic carbocycles. The fraction of sp³-hybridized carbons (Fsp3) is 0.765. The SMILES string of the molecule is CCCSc1nc(NC2CC2)c2nnn([C@@H]3C[C@H](CCO)[C@@H](O)[C@H]3O)c2n1. The number of hydrogen-bond donors (Lipinski definition) is 4. The van der Waals surface area contributed by atoms with E-state index in [1.54, 1.807) is 16.4 Å². The summed E-state index contributed by atoms with van der Waals surface area (Å²) < 4.78 is 1.62. The summed E-state index contributed by atoms with van der Waals surface area (Å²) in [5.74, 6) is 1.43. The Morgan fingerprint density at radius 3 is 2.74 bits per heavy atom. The summed E-state index contributed by atoms with van der Waals surface area (Å²) in [6.07, 6.45) is 2.37. The average Bonchev–Trinajstić information content (AvgIpc) is 3.31. The first-order valence-corrected chi connectivity index (χ1v) is 10.6. The molecule has 0 spiro atoms. The molecule has 2 fully saturated rings. The van der Waals surface area contributed by atoms with Gasteiger partial charge in [0.1, 0.15) is 6.10 Å². The van der Waals surface area contributed by atoms with Gasteiger partial charge >= 0.3 is 0 Å². The summed E-state index contributed by atoms with van der Waals surface area (Å²) in [5.41, 5.74) is 1.17. The number of rotatable bonds is 8. The lowest BCUT2D eigenvalue weighted by molar-refractivity contribution is 0.00107. The summed E-state index contributed by atoms with van der Waals surface area (Å²) in [5, 5.41) is 42.6. The van der Waals surface area contributed by atoms with Crippen LogP contribution in [0.15, 0.2) is 5.16 Å². The van der Waals surface area contributed by atoms with Crippen LogP contribution in [0.5, 0.6) is 0 Å². The van der Waals surface area contributed by atoms with Crippen molar-refractivity contribution in [2.75, 3.05) is 17.7 Å². The van der Waals surface area contributed by atoms with Crippen molar-refractivity contribution in [3.63, 3.8) is 0 Å². The summed E-state index contributed by atoms with van der Waals surface area (Å²) in [6.45, 7) is 2.09. The highest BCUT2D eigenvalue weighted by molar-refractivity contribution is 7.99. The van der Waals surface area contributed by atoms with Crippen molar-refractivity contribution in [2.45, 2.75) is 68.5 Å². The van der Waals surface area contributed by atoms with Crippen LogP contribution in [0.4, 0.5) is 5.82 Å². The van der Waals surface area contributed by atoms with E-state index in [9.17, 15) is 15.3 Å². The summed E-state index contributed by atoms with van der Waals surface area (Å²) in [6, 6.07) is -0.000599. The maximum atomic E-state index is 10.5. The second-order valence-electron chi connectivity index (χ2n) is 7.38. The van der Waals surface area contributed by atoms with Crippen molar-refractivity contribution < 1.29 is 15.3 Å². The van der Waals surface area contributed by atoms with Gasteiger partial charge in [0.25, 0.3) is 0 Å². The predicted molar refractivity (Wildman–Crippen MR) is 102 cm³/mol. The zero-order valence-electron chi connectivity index (χ0n) is 15.3. The molecule has 10 heteroatoms. The van der Waals surface area contributed by atoms with Crippen LogP contribution in [0, 0.1) is 5.92 Å². The molecule has 2 aromatic rings. The van der Waals surface area contributed by atoms with Gasteiger partial charge in [-0.1, -0.05) is 23.9 Å². The zero-order valence-corrected chi connectivity index (χ0v) is 16.1. The van der Waals surface area contributed by atoms with Crippen LogP contribution in [0.2, 0.25) is 0 Å². The summed E-state index contributed by atoms with van der Waals surface area (Å²) >= 11 is 1.59. The van der Waals surface area contributed by atoms with Crippen LogP contribution in [0.25, 0.3) is 11.2 Å². The normalized spacial score (nSPS) is 28.1. The number of anilines is 1. The van der Waals surface area contributed by atoms with Gasteiger partial charge in [-0.25, -0.2) is 14.6 Å². The van der Waals surface area contributed by atoms with Crippen molar-refractivity contribution >= 4 is 28.7 Å². The van der Waals surface area contributed by atoms with Crippen LogP contribution in [0.3, 0.4) is 0 Å². The Hall–Kier alpha value is -1.49. The standard InChI is InChI=1S/C17H26N6O3S/c1-2-7-27-17-19-15(18-10-3-4-10)12-16(20-17)23(22-21-12)11-8-9(5-6-24)13(25)14(11)26/h9-11,13-14,24-26H,2-8H2,1H3,(H,18,19,20)/t9-,11+,13+,14-/m0/s1. The zero-order chi connectivity index (χ0) is 19.0. The van der Waals surface area contributed by atoms with Gasteiger partial charge in [-0.3, -0.25) is 0 Å². The predicted octanol–water partition coefficient (Wildman–Crippen LogP) is 0.963. The Morgan fingerprint density at radius 1 is 1.22 bits per heavy atom. The van der Waals surface area contributed by atoms with Gasteiger partial charge in [0, 0.05) is 18.4 Å². The van der Waals surface area contributed by atoms with Gasteiger partial charge in [-0.15, -0.1) is 5.10 Å². The fourth-order valence-corrected chi connectivity index (χ4v) is 4.30. The molecule has 0 radical (unpaired) electrons. The first-order chi connectivity index (χ1) is 13.1. The van der Waals surface area contributed by atoms with Crippen molar-refractivity contribution in [3.8, 4) is 0 Å². The van der Waals surface area contributed by atoms with Gasteiger partial charge in [0.15, 0.2) is 22.1 Å². The minimum absolute atomic E-state index is 0.0191. The van der Waals surface area contributed by atoms with E-state index >= 15 is 0 Å². The molecule has 0 amide bonds. The molecular weight excluding hydrogens is 368 g/mol. The fourth-order valence-electron chi connectivity index (χ4n) is 3.61. The number of hydrogen-bond acceptors (Lipinski definition) is 9. The molecule has 27 heavy (non-hydrogen) atoms. The highest BCUT2D eigenvalue weighted by atomic mass is 32.2. The molecule has 4 atom stereocenters. The molecule has 4 rings (SSSR count). The molecule has 2 aliphatic carbocycles. The molecular formula is C17H26N6O3S. The van der Waals surface area contributed by atoms with Gasteiger partial charge in [-0.2, -0.15) is 0 Å². The first-order valence-electron chi connectivity index (χ1n) is 9.61. The van der Waals surface area contributed by atoms with Crippen molar-refractivity contribution in [1.82, 2.24) is 25.0 Å². The van der Waals surface area contributed by atoms with E-state index in [4.69, 9.17) is 0 Å². The number of aromatic nitrogens is 5. The van der Waals surface area contributed by atoms with E-state index in [1.165, 1.54) is 0 Å². The number of thioether (sulfide) groups is 1. The molecule has 0 saturated heterocycles. The third-order valence-electron chi connectivity index (χ3n) is 5.24. The molecule has 4 N–H and O–H groups in total. The molecule has 0 unspecified atom stereocenters. The van der Waals surface area contributed by atoms with Crippen LogP contribution >= 0.6 is 11.8 Å². The Labute approximate surface area is 161 Å². The molecule has 148 valence electrons. The van der Waals surface area contributed by atoms with Crippen molar-refractivity contribution in [3.05, 3.63) is 0 Å². The second kappa shape index (κ2) is 7.86. The van der Waals surface area contributed by atoms with Crippen molar-refractivity contribution in [2.24, 2.45) is 5.92 Å².